The third-order valence-electron chi connectivity index (χ3n) is 3.75. The standard InChI is InChI=1S/C14H20N4O/c1-4-11-15-13-10(2)9-12(16-14(13)17(11)3)18-5-7-19-8-6-18/h9H,4-8H2,1-3H3. The van der Waals surface area contributed by atoms with Crippen LogP contribution in [0.4, 0.5) is 5.82 Å². The molecule has 1 fully saturated rings. The molecule has 0 spiro atoms. The lowest BCUT2D eigenvalue weighted by Gasteiger charge is -2.28. The quantitative estimate of drug-likeness (QED) is 0.824. The van der Waals surface area contributed by atoms with E-state index in [1.165, 1.54) is 5.56 Å². The number of hydrogen-bond acceptors (Lipinski definition) is 4. The van der Waals surface area contributed by atoms with Crippen LogP contribution in [0.5, 0.6) is 0 Å². The molecule has 0 atom stereocenters. The number of aromatic nitrogens is 3. The molecule has 0 aliphatic carbocycles. The van der Waals surface area contributed by atoms with E-state index in [2.05, 4.69) is 34.4 Å². The van der Waals surface area contributed by atoms with Crippen molar-refractivity contribution in [3.8, 4) is 0 Å². The SMILES string of the molecule is CCc1nc2c(C)cc(N3CCOCC3)nc2n1C. The molecule has 0 N–H and O–H groups in total. The van der Waals surface area contributed by atoms with Crippen LogP contribution in [0.15, 0.2) is 6.07 Å². The minimum absolute atomic E-state index is 0.782. The van der Waals surface area contributed by atoms with Crippen molar-refractivity contribution in [3.63, 3.8) is 0 Å². The highest BCUT2D eigenvalue weighted by molar-refractivity contribution is 5.78. The molecule has 0 saturated carbocycles. The maximum absolute atomic E-state index is 5.40. The molecular formula is C14H20N4O. The van der Waals surface area contributed by atoms with Gasteiger partial charge in [0.1, 0.15) is 17.2 Å². The number of fused-ring (bicyclic) bond motifs is 1. The van der Waals surface area contributed by atoms with Crippen LogP contribution in [-0.2, 0) is 18.2 Å². The molecule has 1 saturated heterocycles. The van der Waals surface area contributed by atoms with Crippen molar-refractivity contribution in [2.45, 2.75) is 20.3 Å². The normalized spacial score (nSPS) is 16.3. The van der Waals surface area contributed by atoms with E-state index in [1.54, 1.807) is 0 Å². The zero-order chi connectivity index (χ0) is 13.4. The van der Waals surface area contributed by atoms with Gasteiger partial charge in [-0.05, 0) is 18.6 Å². The van der Waals surface area contributed by atoms with E-state index in [0.29, 0.717) is 0 Å². The highest BCUT2D eigenvalue weighted by Gasteiger charge is 2.16. The second-order valence-electron chi connectivity index (χ2n) is 5.01. The predicted octanol–water partition coefficient (Wildman–Crippen LogP) is 1.68. The summed E-state index contributed by atoms with van der Waals surface area (Å²) in [7, 11) is 2.05. The van der Waals surface area contributed by atoms with Gasteiger partial charge in [-0.1, -0.05) is 6.92 Å². The first-order valence-corrected chi connectivity index (χ1v) is 6.86. The topological polar surface area (TPSA) is 43.2 Å². The van der Waals surface area contributed by atoms with Crippen LogP contribution in [0.2, 0.25) is 0 Å². The third kappa shape index (κ3) is 2.08. The summed E-state index contributed by atoms with van der Waals surface area (Å²) in [5.74, 6) is 2.13. The van der Waals surface area contributed by atoms with Crippen molar-refractivity contribution in [1.29, 1.82) is 0 Å². The highest BCUT2D eigenvalue weighted by atomic mass is 16.5. The van der Waals surface area contributed by atoms with Crippen LogP contribution in [-0.4, -0.2) is 40.8 Å². The first-order chi connectivity index (χ1) is 9.20. The lowest BCUT2D eigenvalue weighted by molar-refractivity contribution is 0.122. The number of rotatable bonds is 2. The summed E-state index contributed by atoms with van der Waals surface area (Å²) in [5.41, 5.74) is 3.21. The summed E-state index contributed by atoms with van der Waals surface area (Å²) in [5, 5.41) is 0. The molecule has 0 unspecified atom stereocenters. The number of pyridine rings is 1. The fourth-order valence-electron chi connectivity index (χ4n) is 2.60. The van der Waals surface area contributed by atoms with Gasteiger partial charge in [0.25, 0.3) is 0 Å². The second-order valence-corrected chi connectivity index (χ2v) is 5.01. The zero-order valence-electron chi connectivity index (χ0n) is 11.8. The first kappa shape index (κ1) is 12.4. The smallest absolute Gasteiger partial charge is 0.162 e. The van der Waals surface area contributed by atoms with E-state index in [4.69, 9.17) is 9.72 Å². The summed E-state index contributed by atoms with van der Waals surface area (Å²) in [4.78, 5) is 11.8. The van der Waals surface area contributed by atoms with Gasteiger partial charge in [-0.25, -0.2) is 9.97 Å². The number of ether oxygens (including phenoxy) is 1. The van der Waals surface area contributed by atoms with Gasteiger partial charge in [0.05, 0.1) is 13.2 Å². The van der Waals surface area contributed by atoms with Crippen LogP contribution in [0.25, 0.3) is 11.2 Å². The Hall–Kier alpha value is -1.62. The number of nitrogens with zero attached hydrogens (tertiary/aromatic N) is 4. The van der Waals surface area contributed by atoms with Gasteiger partial charge in [-0.3, -0.25) is 0 Å². The van der Waals surface area contributed by atoms with Crippen LogP contribution < -0.4 is 4.90 Å². The molecule has 5 nitrogen and oxygen atoms in total. The maximum Gasteiger partial charge on any atom is 0.162 e. The van der Waals surface area contributed by atoms with Crippen molar-refractivity contribution in [2.75, 3.05) is 31.2 Å². The molecule has 1 aliphatic heterocycles. The van der Waals surface area contributed by atoms with Crippen molar-refractivity contribution in [3.05, 3.63) is 17.5 Å². The molecule has 19 heavy (non-hydrogen) atoms. The van der Waals surface area contributed by atoms with Crippen LogP contribution >= 0.6 is 0 Å². The number of aryl methyl sites for hydroxylation is 3. The molecule has 5 heteroatoms. The lowest BCUT2D eigenvalue weighted by atomic mass is 10.2. The molecule has 102 valence electrons. The highest BCUT2D eigenvalue weighted by Crippen LogP contribution is 2.23. The Labute approximate surface area is 113 Å². The number of hydrogen-bond donors (Lipinski definition) is 0. The molecule has 2 aromatic heterocycles. The van der Waals surface area contributed by atoms with Crippen LogP contribution in [0.3, 0.4) is 0 Å². The van der Waals surface area contributed by atoms with Crippen molar-refractivity contribution >= 4 is 17.0 Å². The Morgan fingerprint density at radius 2 is 2.00 bits per heavy atom. The second kappa shape index (κ2) is 4.81. The van der Waals surface area contributed by atoms with Gasteiger partial charge >= 0.3 is 0 Å². The third-order valence-corrected chi connectivity index (χ3v) is 3.75. The minimum atomic E-state index is 0.782. The number of imidazole rings is 1. The number of anilines is 1. The van der Waals surface area contributed by atoms with Crippen LogP contribution in [0.1, 0.15) is 18.3 Å². The predicted molar refractivity (Wildman–Crippen MR) is 75.7 cm³/mol. The molecule has 3 heterocycles. The largest absolute Gasteiger partial charge is 0.378 e. The van der Waals surface area contributed by atoms with E-state index >= 15 is 0 Å². The van der Waals surface area contributed by atoms with Gasteiger partial charge in [0.15, 0.2) is 5.65 Å². The molecule has 0 radical (unpaired) electrons. The van der Waals surface area contributed by atoms with Crippen LogP contribution in [0, 0.1) is 6.92 Å². The Balaban J connectivity index is 2.09. The van der Waals surface area contributed by atoms with Crippen molar-refractivity contribution in [2.24, 2.45) is 7.05 Å². The van der Waals surface area contributed by atoms with E-state index in [1.807, 2.05) is 7.05 Å². The number of morpholine rings is 1. The zero-order valence-corrected chi connectivity index (χ0v) is 11.8. The Morgan fingerprint density at radius 3 is 2.68 bits per heavy atom. The van der Waals surface area contributed by atoms with Crippen molar-refractivity contribution in [1.82, 2.24) is 14.5 Å². The van der Waals surface area contributed by atoms with Gasteiger partial charge < -0.3 is 14.2 Å². The Kier molecular flexibility index (Phi) is 3.14. The van der Waals surface area contributed by atoms with Gasteiger partial charge in [0, 0.05) is 26.6 Å². The summed E-state index contributed by atoms with van der Waals surface area (Å²) in [6, 6.07) is 2.14. The minimum Gasteiger partial charge on any atom is -0.378 e. The molecule has 2 aromatic rings. The molecule has 0 amide bonds. The Morgan fingerprint density at radius 1 is 1.26 bits per heavy atom. The molecule has 0 aromatic carbocycles. The summed E-state index contributed by atoms with van der Waals surface area (Å²) in [6.45, 7) is 7.63. The maximum atomic E-state index is 5.40. The fourth-order valence-corrected chi connectivity index (χ4v) is 2.60. The monoisotopic (exact) mass is 260 g/mol. The summed E-state index contributed by atoms with van der Waals surface area (Å²) >= 11 is 0. The first-order valence-electron chi connectivity index (χ1n) is 6.86. The average molecular weight is 260 g/mol. The fraction of sp³-hybridized carbons (Fsp3) is 0.571. The average Bonchev–Trinajstić information content (AvgIpc) is 2.77. The lowest BCUT2D eigenvalue weighted by Crippen LogP contribution is -2.36. The van der Waals surface area contributed by atoms with Gasteiger partial charge in [-0.2, -0.15) is 0 Å². The van der Waals surface area contributed by atoms with E-state index in [-0.39, 0.29) is 0 Å². The molecule has 3 rings (SSSR count). The van der Waals surface area contributed by atoms with Gasteiger partial charge in [0.2, 0.25) is 0 Å². The van der Waals surface area contributed by atoms with Crippen molar-refractivity contribution < 1.29 is 4.74 Å². The molecular weight excluding hydrogens is 240 g/mol. The van der Waals surface area contributed by atoms with Gasteiger partial charge in [-0.15, -0.1) is 0 Å². The summed E-state index contributed by atoms with van der Waals surface area (Å²) in [6.07, 6.45) is 0.930. The molecule has 0 bridgehead atoms. The van der Waals surface area contributed by atoms with E-state index in [9.17, 15) is 0 Å². The summed E-state index contributed by atoms with van der Waals surface area (Å²) < 4.78 is 7.50. The Bertz CT molecular complexity index is 599. The molecule has 1 aliphatic rings. The van der Waals surface area contributed by atoms with E-state index < -0.39 is 0 Å². The van der Waals surface area contributed by atoms with E-state index in [0.717, 1.165) is 55.5 Å².